The highest BCUT2D eigenvalue weighted by molar-refractivity contribution is 6.04. The van der Waals surface area contributed by atoms with Gasteiger partial charge in [0, 0.05) is 19.2 Å². The molecule has 1 aliphatic heterocycles. The highest BCUT2D eigenvalue weighted by atomic mass is 16.5. The fourth-order valence-corrected chi connectivity index (χ4v) is 2.35. The number of methoxy groups -OCH3 is 2. The summed E-state index contributed by atoms with van der Waals surface area (Å²) in [5, 5.41) is 5.37. The highest BCUT2D eigenvalue weighted by Crippen LogP contribution is 2.28. The molecule has 0 aliphatic carbocycles. The Balaban J connectivity index is 1.84. The number of benzene rings is 1. The average Bonchev–Trinajstić information content (AvgIpc) is 3.06. The van der Waals surface area contributed by atoms with Crippen molar-refractivity contribution < 1.29 is 23.8 Å². The molecular weight excluding hydrogens is 300 g/mol. The highest BCUT2D eigenvalue weighted by Gasteiger charge is 2.18. The number of rotatable bonds is 7. The molecule has 0 aromatic heterocycles. The van der Waals surface area contributed by atoms with Gasteiger partial charge in [-0.1, -0.05) is 0 Å². The molecule has 1 aromatic carbocycles. The van der Waals surface area contributed by atoms with Crippen molar-refractivity contribution in [2.75, 3.05) is 32.7 Å². The Morgan fingerprint density at radius 1 is 1.26 bits per heavy atom. The van der Waals surface area contributed by atoms with Gasteiger partial charge in [0.05, 0.1) is 26.0 Å². The predicted molar refractivity (Wildman–Crippen MR) is 84.8 cm³/mol. The number of hydrogen-bond donors (Lipinski definition) is 2. The molecule has 7 heteroatoms. The molecular formula is C16H22N2O5. The summed E-state index contributed by atoms with van der Waals surface area (Å²) in [5.41, 5.74) is 0.462. The summed E-state index contributed by atoms with van der Waals surface area (Å²) in [6.45, 7) is 1.17. The third kappa shape index (κ3) is 5.14. The molecule has 1 saturated heterocycles. The van der Waals surface area contributed by atoms with Crippen molar-refractivity contribution >= 4 is 17.5 Å². The van der Waals surface area contributed by atoms with Crippen LogP contribution in [0.2, 0.25) is 0 Å². The van der Waals surface area contributed by atoms with E-state index in [4.69, 9.17) is 14.2 Å². The van der Waals surface area contributed by atoms with E-state index in [1.54, 1.807) is 18.2 Å². The summed E-state index contributed by atoms with van der Waals surface area (Å²) in [6.07, 6.45) is 1.75. The van der Waals surface area contributed by atoms with Crippen LogP contribution in [-0.4, -0.2) is 45.3 Å². The Kier molecular flexibility index (Phi) is 6.22. The molecule has 1 atom stereocenters. The topological polar surface area (TPSA) is 85.9 Å². The van der Waals surface area contributed by atoms with Gasteiger partial charge in [-0.05, 0) is 25.0 Å². The SMILES string of the molecule is COc1ccc(OC)c(NC(=O)CC(=O)NC[C@@H]2CCCO2)c1. The van der Waals surface area contributed by atoms with E-state index >= 15 is 0 Å². The van der Waals surface area contributed by atoms with Crippen LogP contribution in [0.15, 0.2) is 18.2 Å². The second kappa shape index (κ2) is 8.38. The molecule has 1 aliphatic rings. The molecule has 0 spiro atoms. The molecule has 0 bridgehead atoms. The first kappa shape index (κ1) is 17.1. The maximum absolute atomic E-state index is 12.0. The van der Waals surface area contributed by atoms with E-state index in [-0.39, 0.29) is 18.4 Å². The minimum Gasteiger partial charge on any atom is -0.497 e. The van der Waals surface area contributed by atoms with Crippen LogP contribution < -0.4 is 20.1 Å². The molecule has 1 heterocycles. The van der Waals surface area contributed by atoms with Gasteiger partial charge in [0.2, 0.25) is 11.8 Å². The second-order valence-corrected chi connectivity index (χ2v) is 5.23. The minimum absolute atomic E-state index is 0.0560. The standard InChI is InChI=1S/C16H22N2O5/c1-21-11-5-6-14(22-2)13(8-11)18-16(20)9-15(19)17-10-12-4-3-7-23-12/h5-6,8,12H,3-4,7,9-10H2,1-2H3,(H,17,19)(H,18,20)/t12-/m0/s1. The molecule has 0 unspecified atom stereocenters. The Labute approximate surface area is 135 Å². The van der Waals surface area contributed by atoms with Crippen LogP contribution >= 0.6 is 0 Å². The maximum Gasteiger partial charge on any atom is 0.233 e. The third-order valence-corrected chi connectivity index (χ3v) is 3.55. The van der Waals surface area contributed by atoms with Gasteiger partial charge in [-0.3, -0.25) is 9.59 Å². The fourth-order valence-electron chi connectivity index (χ4n) is 2.35. The lowest BCUT2D eigenvalue weighted by molar-refractivity contribution is -0.127. The summed E-state index contributed by atoms with van der Waals surface area (Å²) < 4.78 is 15.7. The normalized spacial score (nSPS) is 16.7. The van der Waals surface area contributed by atoms with Gasteiger partial charge in [-0.2, -0.15) is 0 Å². The van der Waals surface area contributed by atoms with E-state index in [0.29, 0.717) is 23.7 Å². The van der Waals surface area contributed by atoms with Crippen molar-refractivity contribution in [1.29, 1.82) is 0 Å². The molecule has 1 fully saturated rings. The molecule has 2 rings (SSSR count). The number of carbonyl (C=O) groups excluding carboxylic acids is 2. The van der Waals surface area contributed by atoms with Crippen molar-refractivity contribution in [2.24, 2.45) is 0 Å². The zero-order valence-electron chi connectivity index (χ0n) is 13.4. The fraction of sp³-hybridized carbons (Fsp3) is 0.500. The van der Waals surface area contributed by atoms with E-state index in [9.17, 15) is 9.59 Å². The van der Waals surface area contributed by atoms with Crippen molar-refractivity contribution in [3.63, 3.8) is 0 Å². The summed E-state index contributed by atoms with van der Waals surface area (Å²) >= 11 is 0. The quantitative estimate of drug-likeness (QED) is 0.740. The van der Waals surface area contributed by atoms with Gasteiger partial charge in [-0.25, -0.2) is 0 Å². The van der Waals surface area contributed by atoms with Gasteiger partial charge >= 0.3 is 0 Å². The van der Waals surface area contributed by atoms with Crippen LogP contribution in [0.5, 0.6) is 11.5 Å². The maximum atomic E-state index is 12.0. The molecule has 7 nitrogen and oxygen atoms in total. The lowest BCUT2D eigenvalue weighted by Gasteiger charge is -2.13. The van der Waals surface area contributed by atoms with E-state index in [0.717, 1.165) is 19.4 Å². The summed E-state index contributed by atoms with van der Waals surface area (Å²) in [6, 6.07) is 5.05. The Bertz CT molecular complexity index is 555. The first-order valence-electron chi connectivity index (χ1n) is 7.52. The number of amides is 2. The number of hydrogen-bond acceptors (Lipinski definition) is 5. The van der Waals surface area contributed by atoms with Crippen molar-refractivity contribution in [3.8, 4) is 11.5 Å². The van der Waals surface area contributed by atoms with E-state index in [1.807, 2.05) is 0 Å². The van der Waals surface area contributed by atoms with Crippen LogP contribution in [0.3, 0.4) is 0 Å². The zero-order chi connectivity index (χ0) is 16.7. The zero-order valence-corrected chi connectivity index (χ0v) is 13.4. The largest absolute Gasteiger partial charge is 0.497 e. The van der Waals surface area contributed by atoms with Gasteiger partial charge in [0.1, 0.15) is 17.9 Å². The number of anilines is 1. The number of carbonyl (C=O) groups is 2. The average molecular weight is 322 g/mol. The Morgan fingerprint density at radius 2 is 2.09 bits per heavy atom. The molecule has 1 aromatic rings. The summed E-state index contributed by atoms with van der Waals surface area (Å²) in [5.74, 6) is 0.337. The third-order valence-electron chi connectivity index (χ3n) is 3.55. The van der Waals surface area contributed by atoms with Crippen LogP contribution in [-0.2, 0) is 14.3 Å². The van der Waals surface area contributed by atoms with Gasteiger partial charge in [0.25, 0.3) is 0 Å². The van der Waals surface area contributed by atoms with Crippen molar-refractivity contribution in [1.82, 2.24) is 5.32 Å². The van der Waals surface area contributed by atoms with Crippen LogP contribution in [0.25, 0.3) is 0 Å². The predicted octanol–water partition coefficient (Wildman–Crippen LogP) is 1.33. The van der Waals surface area contributed by atoms with Crippen molar-refractivity contribution in [2.45, 2.75) is 25.4 Å². The Hall–Kier alpha value is -2.28. The van der Waals surface area contributed by atoms with E-state index in [1.165, 1.54) is 14.2 Å². The van der Waals surface area contributed by atoms with Gasteiger partial charge in [-0.15, -0.1) is 0 Å². The molecule has 0 saturated carbocycles. The first-order valence-corrected chi connectivity index (χ1v) is 7.52. The number of nitrogens with one attached hydrogen (secondary N) is 2. The lowest BCUT2D eigenvalue weighted by atomic mass is 10.2. The van der Waals surface area contributed by atoms with Gasteiger partial charge < -0.3 is 24.8 Å². The molecule has 2 amide bonds. The van der Waals surface area contributed by atoms with Gasteiger partial charge in [0.15, 0.2) is 0 Å². The summed E-state index contributed by atoms with van der Waals surface area (Å²) in [7, 11) is 3.04. The minimum atomic E-state index is -0.415. The lowest BCUT2D eigenvalue weighted by Crippen LogP contribution is -2.34. The monoisotopic (exact) mass is 322 g/mol. The second-order valence-electron chi connectivity index (χ2n) is 5.23. The Morgan fingerprint density at radius 3 is 2.74 bits per heavy atom. The first-order chi connectivity index (χ1) is 11.1. The van der Waals surface area contributed by atoms with Crippen LogP contribution in [0.1, 0.15) is 19.3 Å². The van der Waals surface area contributed by atoms with E-state index in [2.05, 4.69) is 10.6 Å². The number of ether oxygens (including phenoxy) is 3. The van der Waals surface area contributed by atoms with Crippen LogP contribution in [0.4, 0.5) is 5.69 Å². The smallest absolute Gasteiger partial charge is 0.233 e. The van der Waals surface area contributed by atoms with E-state index < -0.39 is 5.91 Å². The molecule has 0 radical (unpaired) electrons. The van der Waals surface area contributed by atoms with Crippen molar-refractivity contribution in [3.05, 3.63) is 18.2 Å². The van der Waals surface area contributed by atoms with Crippen LogP contribution in [0, 0.1) is 0 Å². The molecule has 126 valence electrons. The molecule has 23 heavy (non-hydrogen) atoms. The molecule has 2 N–H and O–H groups in total. The summed E-state index contributed by atoms with van der Waals surface area (Å²) in [4.78, 5) is 23.8.